The average molecular weight is 300 g/mol. The number of hydrogen-bond acceptors (Lipinski definition) is 4. The van der Waals surface area contributed by atoms with Gasteiger partial charge in [-0.25, -0.2) is 0 Å². The first kappa shape index (κ1) is 13.6. The lowest BCUT2D eigenvalue weighted by atomic mass is 9.82. The van der Waals surface area contributed by atoms with Crippen molar-refractivity contribution in [2.45, 2.75) is 37.8 Å². The third-order valence-corrected chi connectivity index (χ3v) is 4.75. The summed E-state index contributed by atoms with van der Waals surface area (Å²) in [5, 5.41) is 0. The Labute approximate surface area is 129 Å². The van der Waals surface area contributed by atoms with Crippen LogP contribution in [0.25, 0.3) is 0 Å². The summed E-state index contributed by atoms with van der Waals surface area (Å²) in [6.45, 7) is 1.24. The Balaban J connectivity index is 1.43. The topological polar surface area (TPSA) is 51.1 Å². The first-order chi connectivity index (χ1) is 10.8. The number of rotatable bonds is 3. The van der Waals surface area contributed by atoms with Gasteiger partial charge in [-0.05, 0) is 25.0 Å². The molecule has 0 radical (unpaired) electrons. The number of amides is 1. The van der Waals surface area contributed by atoms with Gasteiger partial charge in [0.1, 0.15) is 12.4 Å². The molecule has 1 aromatic rings. The number of aliphatic imine (C=N–C) groups is 1. The Morgan fingerprint density at radius 1 is 1.23 bits per heavy atom. The summed E-state index contributed by atoms with van der Waals surface area (Å²) in [6.07, 6.45) is 4.27. The molecule has 4 rings (SSSR count). The van der Waals surface area contributed by atoms with Crippen LogP contribution in [0.3, 0.4) is 0 Å². The number of ether oxygens (including phenoxy) is 2. The second-order valence-corrected chi connectivity index (χ2v) is 6.21. The third-order valence-electron chi connectivity index (χ3n) is 4.75. The number of fused-ring (bicyclic) bond motifs is 3. The highest BCUT2D eigenvalue weighted by atomic mass is 16.6. The van der Waals surface area contributed by atoms with Crippen LogP contribution >= 0.6 is 0 Å². The van der Waals surface area contributed by atoms with Crippen molar-refractivity contribution in [3.05, 3.63) is 30.3 Å². The first-order valence-corrected chi connectivity index (χ1v) is 8.05. The molecule has 5 heteroatoms. The third kappa shape index (κ3) is 2.45. The summed E-state index contributed by atoms with van der Waals surface area (Å²) >= 11 is 0. The largest absolute Gasteiger partial charge is 0.490 e. The monoisotopic (exact) mass is 300 g/mol. The maximum Gasteiger partial charge on any atom is 0.296 e. The fourth-order valence-electron chi connectivity index (χ4n) is 3.66. The van der Waals surface area contributed by atoms with Crippen LogP contribution in [-0.2, 0) is 9.53 Å². The Kier molecular flexibility index (Phi) is 3.48. The van der Waals surface area contributed by atoms with E-state index < -0.39 is 0 Å². The molecule has 0 bridgehead atoms. The zero-order valence-electron chi connectivity index (χ0n) is 12.5. The van der Waals surface area contributed by atoms with E-state index in [0.717, 1.165) is 31.6 Å². The molecular weight excluding hydrogens is 280 g/mol. The molecule has 1 saturated heterocycles. The van der Waals surface area contributed by atoms with Gasteiger partial charge < -0.3 is 14.4 Å². The van der Waals surface area contributed by atoms with Crippen LogP contribution in [0.15, 0.2) is 35.3 Å². The zero-order chi connectivity index (χ0) is 14.9. The Morgan fingerprint density at radius 3 is 2.91 bits per heavy atom. The zero-order valence-corrected chi connectivity index (χ0v) is 12.5. The second kappa shape index (κ2) is 5.63. The van der Waals surface area contributed by atoms with E-state index in [1.807, 2.05) is 30.3 Å². The number of benzene rings is 1. The quantitative estimate of drug-likeness (QED) is 0.859. The molecule has 2 fully saturated rings. The highest BCUT2D eigenvalue weighted by Crippen LogP contribution is 2.35. The molecule has 3 unspecified atom stereocenters. The van der Waals surface area contributed by atoms with Crippen molar-refractivity contribution in [1.29, 1.82) is 0 Å². The van der Waals surface area contributed by atoms with Crippen molar-refractivity contribution in [2.75, 3.05) is 13.2 Å². The molecular formula is C17H20N2O3. The number of carbonyl (C=O) groups is 1. The fraction of sp³-hybridized carbons (Fsp3) is 0.529. The minimum atomic E-state index is -0.0626. The molecule has 3 aliphatic rings. The summed E-state index contributed by atoms with van der Waals surface area (Å²) in [6, 6.07) is 10.5. The molecule has 0 aromatic heterocycles. The smallest absolute Gasteiger partial charge is 0.296 e. The molecule has 5 nitrogen and oxygen atoms in total. The van der Waals surface area contributed by atoms with Gasteiger partial charge in [-0.1, -0.05) is 31.0 Å². The maximum atomic E-state index is 12.1. The van der Waals surface area contributed by atoms with Gasteiger partial charge in [-0.15, -0.1) is 0 Å². The lowest BCUT2D eigenvalue weighted by Gasteiger charge is -2.38. The van der Waals surface area contributed by atoms with E-state index in [-0.39, 0.29) is 24.0 Å². The molecule has 22 heavy (non-hydrogen) atoms. The lowest BCUT2D eigenvalue weighted by Crippen LogP contribution is -2.50. The van der Waals surface area contributed by atoms with Crippen LogP contribution in [-0.4, -0.2) is 42.1 Å². The molecule has 1 amide bonds. The summed E-state index contributed by atoms with van der Waals surface area (Å²) in [7, 11) is 0. The van der Waals surface area contributed by atoms with E-state index in [9.17, 15) is 4.79 Å². The highest BCUT2D eigenvalue weighted by molar-refractivity contribution is 5.95. The number of amidine groups is 1. The molecule has 3 atom stereocenters. The molecule has 2 aliphatic heterocycles. The summed E-state index contributed by atoms with van der Waals surface area (Å²) in [5.74, 6) is 0.903. The standard InChI is InChI=1S/C17H20N2O3/c20-16-14-8-4-5-9-15(14)19-10-13(22-17(19)18-16)11-21-12-6-2-1-3-7-12/h1-3,6-7,13-15H,4-5,8-11H2. The van der Waals surface area contributed by atoms with Crippen LogP contribution in [0.5, 0.6) is 5.75 Å². The van der Waals surface area contributed by atoms with Crippen LogP contribution in [0.2, 0.25) is 0 Å². The predicted molar refractivity (Wildman–Crippen MR) is 81.7 cm³/mol. The van der Waals surface area contributed by atoms with E-state index in [4.69, 9.17) is 9.47 Å². The van der Waals surface area contributed by atoms with Crippen molar-refractivity contribution < 1.29 is 14.3 Å². The van der Waals surface area contributed by atoms with Crippen molar-refractivity contribution in [1.82, 2.24) is 4.90 Å². The minimum Gasteiger partial charge on any atom is -0.490 e. The first-order valence-electron chi connectivity index (χ1n) is 8.05. The molecule has 1 saturated carbocycles. The molecule has 116 valence electrons. The van der Waals surface area contributed by atoms with E-state index >= 15 is 0 Å². The van der Waals surface area contributed by atoms with Gasteiger partial charge in [0.2, 0.25) is 0 Å². The van der Waals surface area contributed by atoms with Gasteiger partial charge in [-0.2, -0.15) is 4.99 Å². The molecule has 1 aliphatic carbocycles. The second-order valence-electron chi connectivity index (χ2n) is 6.21. The van der Waals surface area contributed by atoms with Gasteiger partial charge in [0.25, 0.3) is 11.9 Å². The average Bonchev–Trinajstić information content (AvgIpc) is 2.97. The summed E-state index contributed by atoms with van der Waals surface area (Å²) < 4.78 is 11.6. The van der Waals surface area contributed by atoms with E-state index in [1.165, 1.54) is 6.42 Å². The molecule has 0 spiro atoms. The van der Waals surface area contributed by atoms with Crippen LogP contribution in [0.1, 0.15) is 25.7 Å². The van der Waals surface area contributed by atoms with Crippen LogP contribution in [0.4, 0.5) is 0 Å². The normalized spacial score (nSPS) is 30.2. The molecule has 2 heterocycles. The molecule has 0 N–H and O–H groups in total. The summed E-state index contributed by atoms with van der Waals surface area (Å²) in [4.78, 5) is 18.5. The van der Waals surface area contributed by atoms with E-state index in [1.54, 1.807) is 0 Å². The van der Waals surface area contributed by atoms with E-state index in [0.29, 0.717) is 12.6 Å². The van der Waals surface area contributed by atoms with Crippen molar-refractivity contribution >= 4 is 11.9 Å². The Hall–Kier alpha value is -2.04. The lowest BCUT2D eigenvalue weighted by molar-refractivity contribution is -0.125. The molecule has 1 aromatic carbocycles. The predicted octanol–water partition coefficient (Wildman–Crippen LogP) is 2.22. The van der Waals surface area contributed by atoms with Crippen molar-refractivity contribution in [2.24, 2.45) is 10.9 Å². The van der Waals surface area contributed by atoms with Crippen molar-refractivity contribution in [3.63, 3.8) is 0 Å². The SMILES string of the molecule is O=C1N=C2OC(COc3ccccc3)CN2C2CCCCC12. The van der Waals surface area contributed by atoms with Gasteiger partial charge >= 0.3 is 0 Å². The minimum absolute atomic E-state index is 0.000535. The van der Waals surface area contributed by atoms with Crippen LogP contribution in [0, 0.1) is 5.92 Å². The van der Waals surface area contributed by atoms with Gasteiger partial charge in [-0.3, -0.25) is 4.79 Å². The van der Waals surface area contributed by atoms with Crippen LogP contribution < -0.4 is 4.74 Å². The Bertz CT molecular complexity index is 587. The number of nitrogens with zero attached hydrogens (tertiary/aromatic N) is 2. The fourth-order valence-corrected chi connectivity index (χ4v) is 3.66. The van der Waals surface area contributed by atoms with E-state index in [2.05, 4.69) is 9.89 Å². The van der Waals surface area contributed by atoms with Gasteiger partial charge in [0.15, 0.2) is 6.10 Å². The maximum absolute atomic E-state index is 12.1. The van der Waals surface area contributed by atoms with Crippen molar-refractivity contribution in [3.8, 4) is 5.75 Å². The van der Waals surface area contributed by atoms with Gasteiger partial charge in [0.05, 0.1) is 12.5 Å². The summed E-state index contributed by atoms with van der Waals surface area (Å²) in [5.41, 5.74) is 0. The number of hydrogen-bond donors (Lipinski definition) is 0. The van der Waals surface area contributed by atoms with Gasteiger partial charge in [0, 0.05) is 6.04 Å². The highest BCUT2D eigenvalue weighted by Gasteiger charge is 2.45. The number of carbonyl (C=O) groups excluding carboxylic acids is 1. The number of para-hydroxylation sites is 1. The Morgan fingerprint density at radius 2 is 2.05 bits per heavy atom.